The third-order valence-corrected chi connectivity index (χ3v) is 5.45. The molecular weight excluding hydrogens is 324 g/mol. The predicted molar refractivity (Wildman–Crippen MR) is 91.7 cm³/mol. The molecule has 0 aliphatic heterocycles. The molecule has 24 heavy (non-hydrogen) atoms. The molecule has 0 aromatic carbocycles. The van der Waals surface area contributed by atoms with Crippen LogP contribution in [0.3, 0.4) is 0 Å². The van der Waals surface area contributed by atoms with E-state index < -0.39 is 0 Å². The molecule has 0 bridgehead atoms. The molecule has 122 valence electrons. The summed E-state index contributed by atoms with van der Waals surface area (Å²) in [6.45, 7) is 1.85. The Morgan fingerprint density at radius 3 is 3.04 bits per heavy atom. The highest BCUT2D eigenvalue weighted by Crippen LogP contribution is 2.31. The molecule has 3 heterocycles. The van der Waals surface area contributed by atoms with Crippen molar-refractivity contribution >= 4 is 23.0 Å². The van der Waals surface area contributed by atoms with Gasteiger partial charge in [-0.15, -0.1) is 11.3 Å². The van der Waals surface area contributed by atoms with Gasteiger partial charge in [0, 0.05) is 16.6 Å². The second-order valence-corrected chi connectivity index (χ2v) is 7.07. The minimum absolute atomic E-state index is 0.00107. The average Bonchev–Trinajstić information content (AvgIpc) is 3.14. The smallest absolute Gasteiger partial charge is 0.348 e. The van der Waals surface area contributed by atoms with E-state index in [4.69, 9.17) is 4.74 Å². The van der Waals surface area contributed by atoms with Gasteiger partial charge in [0.1, 0.15) is 17.1 Å². The lowest BCUT2D eigenvalue weighted by molar-refractivity contribution is 0.0473. The molecule has 0 fully saturated rings. The zero-order valence-electron chi connectivity index (χ0n) is 13.2. The molecule has 0 amide bonds. The lowest BCUT2D eigenvalue weighted by Crippen LogP contribution is -2.18. The van der Waals surface area contributed by atoms with Crippen LogP contribution >= 0.6 is 11.3 Å². The first-order chi connectivity index (χ1) is 11.6. The lowest BCUT2D eigenvalue weighted by Gasteiger charge is -2.07. The highest BCUT2D eigenvalue weighted by Gasteiger charge is 2.19. The van der Waals surface area contributed by atoms with Crippen molar-refractivity contribution in [3.05, 3.63) is 67.4 Å². The third kappa shape index (κ3) is 2.63. The Hall–Kier alpha value is -2.47. The highest BCUT2D eigenvalue weighted by molar-refractivity contribution is 7.14. The van der Waals surface area contributed by atoms with E-state index in [-0.39, 0.29) is 18.1 Å². The van der Waals surface area contributed by atoms with Gasteiger partial charge in [-0.1, -0.05) is 6.07 Å². The van der Waals surface area contributed by atoms with E-state index in [1.54, 1.807) is 6.07 Å². The van der Waals surface area contributed by atoms with Gasteiger partial charge in [-0.25, -0.2) is 9.78 Å². The standard InChI is InChI=1S/C18H16N2O3S/c1-11-4-2-7-16-19-13(9-17(21)20(11)16)10-23-18(22)15-8-12-5-3-6-14(12)24-15/h2,4,7-9H,3,5-6,10H2,1H3. The van der Waals surface area contributed by atoms with Crippen LogP contribution in [0.2, 0.25) is 0 Å². The molecule has 0 atom stereocenters. The molecule has 0 unspecified atom stereocenters. The Bertz CT molecular complexity index is 982. The number of carbonyl (C=O) groups excluding carboxylic acids is 1. The number of thiophene rings is 1. The number of nitrogens with zero attached hydrogens (tertiary/aromatic N) is 2. The maximum atomic E-state index is 12.2. The van der Waals surface area contributed by atoms with E-state index >= 15 is 0 Å². The largest absolute Gasteiger partial charge is 0.455 e. The molecule has 0 saturated heterocycles. The minimum atomic E-state index is -0.347. The molecule has 3 aromatic rings. The maximum absolute atomic E-state index is 12.2. The third-order valence-electron chi connectivity index (χ3n) is 4.23. The van der Waals surface area contributed by atoms with Gasteiger partial charge in [-0.05, 0) is 49.9 Å². The van der Waals surface area contributed by atoms with Crippen LogP contribution in [0.25, 0.3) is 5.65 Å². The van der Waals surface area contributed by atoms with Crippen molar-refractivity contribution in [1.82, 2.24) is 9.38 Å². The molecule has 3 aromatic heterocycles. The van der Waals surface area contributed by atoms with Gasteiger partial charge in [0.05, 0.1) is 5.69 Å². The molecule has 0 N–H and O–H groups in total. The van der Waals surface area contributed by atoms with Gasteiger partial charge in [0.2, 0.25) is 0 Å². The van der Waals surface area contributed by atoms with E-state index in [2.05, 4.69) is 4.98 Å². The number of aromatic nitrogens is 2. The quantitative estimate of drug-likeness (QED) is 0.688. The van der Waals surface area contributed by atoms with Crippen LogP contribution in [0.5, 0.6) is 0 Å². The van der Waals surface area contributed by atoms with Crippen molar-refractivity contribution < 1.29 is 9.53 Å². The van der Waals surface area contributed by atoms with E-state index in [9.17, 15) is 9.59 Å². The second-order valence-electron chi connectivity index (χ2n) is 5.94. The van der Waals surface area contributed by atoms with Crippen LogP contribution in [-0.2, 0) is 24.2 Å². The number of ether oxygens (including phenoxy) is 1. The number of rotatable bonds is 3. The van der Waals surface area contributed by atoms with Gasteiger partial charge in [-0.2, -0.15) is 0 Å². The number of hydrogen-bond donors (Lipinski definition) is 0. The minimum Gasteiger partial charge on any atom is -0.455 e. The Morgan fingerprint density at radius 2 is 2.21 bits per heavy atom. The van der Waals surface area contributed by atoms with Crippen molar-refractivity contribution in [2.24, 2.45) is 0 Å². The summed E-state index contributed by atoms with van der Waals surface area (Å²) in [6.07, 6.45) is 3.26. The fraction of sp³-hybridized carbons (Fsp3) is 0.278. The first-order valence-corrected chi connectivity index (χ1v) is 8.70. The van der Waals surface area contributed by atoms with Gasteiger partial charge < -0.3 is 4.74 Å². The number of esters is 1. The van der Waals surface area contributed by atoms with E-state index in [1.165, 1.54) is 38.7 Å². The predicted octanol–water partition coefficient (Wildman–Crippen LogP) is 2.91. The number of pyridine rings is 1. The Morgan fingerprint density at radius 1 is 1.33 bits per heavy atom. The highest BCUT2D eigenvalue weighted by atomic mass is 32.1. The summed E-state index contributed by atoms with van der Waals surface area (Å²) in [5.74, 6) is -0.347. The SMILES string of the molecule is Cc1cccc2nc(COC(=O)c3cc4c(s3)CCC4)cc(=O)n12. The summed E-state index contributed by atoms with van der Waals surface area (Å²) in [4.78, 5) is 30.7. The first kappa shape index (κ1) is 15.1. The van der Waals surface area contributed by atoms with E-state index in [1.807, 2.05) is 25.1 Å². The molecule has 1 aliphatic carbocycles. The summed E-state index contributed by atoms with van der Waals surface area (Å²) in [6, 6.07) is 8.82. The zero-order valence-corrected chi connectivity index (χ0v) is 14.1. The molecule has 0 saturated carbocycles. The van der Waals surface area contributed by atoms with Gasteiger partial charge >= 0.3 is 5.97 Å². The number of fused-ring (bicyclic) bond motifs is 2. The van der Waals surface area contributed by atoms with Crippen molar-refractivity contribution in [3.8, 4) is 0 Å². The summed E-state index contributed by atoms with van der Waals surface area (Å²) >= 11 is 1.51. The van der Waals surface area contributed by atoms with Crippen LogP contribution in [0.15, 0.2) is 35.1 Å². The summed E-state index contributed by atoms with van der Waals surface area (Å²) < 4.78 is 6.88. The van der Waals surface area contributed by atoms with E-state index in [0.717, 1.165) is 18.5 Å². The average molecular weight is 340 g/mol. The van der Waals surface area contributed by atoms with Gasteiger partial charge in [0.15, 0.2) is 0 Å². The fourth-order valence-electron chi connectivity index (χ4n) is 3.08. The zero-order chi connectivity index (χ0) is 16.7. The fourth-order valence-corrected chi connectivity index (χ4v) is 4.23. The molecule has 4 rings (SSSR count). The molecule has 0 radical (unpaired) electrons. The number of hydrogen-bond acceptors (Lipinski definition) is 5. The topological polar surface area (TPSA) is 60.7 Å². The lowest BCUT2D eigenvalue weighted by atomic mass is 10.2. The Labute approximate surface area is 142 Å². The molecule has 5 nitrogen and oxygen atoms in total. The molecular formula is C18H16N2O3S. The van der Waals surface area contributed by atoms with Crippen molar-refractivity contribution in [2.75, 3.05) is 0 Å². The maximum Gasteiger partial charge on any atom is 0.348 e. The Balaban J connectivity index is 1.54. The van der Waals surface area contributed by atoms with Crippen LogP contribution < -0.4 is 5.56 Å². The monoisotopic (exact) mass is 340 g/mol. The van der Waals surface area contributed by atoms with Gasteiger partial charge in [-0.3, -0.25) is 9.20 Å². The van der Waals surface area contributed by atoms with Crippen molar-refractivity contribution in [2.45, 2.75) is 32.8 Å². The Kier molecular flexibility index (Phi) is 3.69. The van der Waals surface area contributed by atoms with Crippen LogP contribution in [0.4, 0.5) is 0 Å². The molecule has 6 heteroatoms. The molecule has 1 aliphatic rings. The number of aryl methyl sites for hydroxylation is 3. The van der Waals surface area contributed by atoms with Crippen LogP contribution in [0.1, 0.15) is 37.9 Å². The van der Waals surface area contributed by atoms with E-state index in [0.29, 0.717) is 16.2 Å². The van der Waals surface area contributed by atoms with Crippen molar-refractivity contribution in [1.29, 1.82) is 0 Å². The summed E-state index contributed by atoms with van der Waals surface area (Å²) in [5.41, 5.74) is 2.94. The van der Waals surface area contributed by atoms with Crippen LogP contribution in [0, 0.1) is 6.92 Å². The number of carbonyl (C=O) groups is 1. The first-order valence-electron chi connectivity index (χ1n) is 7.89. The van der Waals surface area contributed by atoms with Crippen LogP contribution in [-0.4, -0.2) is 15.4 Å². The second kappa shape index (κ2) is 5.87. The summed E-state index contributed by atoms with van der Waals surface area (Å²) in [5, 5.41) is 0. The van der Waals surface area contributed by atoms with Gasteiger partial charge in [0.25, 0.3) is 5.56 Å². The summed E-state index contributed by atoms with van der Waals surface area (Å²) in [7, 11) is 0. The normalized spacial score (nSPS) is 13.2. The van der Waals surface area contributed by atoms with Crippen molar-refractivity contribution in [3.63, 3.8) is 0 Å². The molecule has 0 spiro atoms.